The fraction of sp³-hybridized carbons (Fsp3) is 0.150. The molecule has 0 amide bonds. The third-order valence-corrected chi connectivity index (χ3v) is 8.95. The highest BCUT2D eigenvalue weighted by Gasteiger charge is 2.32. The molecule has 0 saturated heterocycles. The number of benzene rings is 2. The van der Waals surface area contributed by atoms with Gasteiger partial charge >= 0.3 is 0 Å². The average Bonchev–Trinajstić information content (AvgIpc) is 3.36. The summed E-state index contributed by atoms with van der Waals surface area (Å²) in [5.41, 5.74) is 1.96. The number of thiazole rings is 1. The quantitative estimate of drug-likeness (QED) is 0.474. The molecule has 9 heteroatoms. The number of hydrogen-bond donors (Lipinski definition) is 0. The van der Waals surface area contributed by atoms with Crippen LogP contribution in [0.25, 0.3) is 21.5 Å². The lowest BCUT2D eigenvalue weighted by Crippen LogP contribution is -2.38. The van der Waals surface area contributed by atoms with Crippen LogP contribution in [-0.4, -0.2) is 29.9 Å². The first-order chi connectivity index (χ1) is 13.9. The molecular weight excluding hydrogens is 428 g/mol. The van der Waals surface area contributed by atoms with Gasteiger partial charge in [0.05, 0.1) is 47.8 Å². The van der Waals surface area contributed by atoms with E-state index in [1.54, 1.807) is 54.8 Å². The minimum atomic E-state index is -3.82. The molecule has 0 bridgehead atoms. The number of fused-ring (bicyclic) bond motifs is 2. The van der Waals surface area contributed by atoms with Crippen LogP contribution in [0.3, 0.4) is 0 Å². The first-order valence-corrected chi connectivity index (χ1v) is 12.5. The van der Waals surface area contributed by atoms with Crippen molar-refractivity contribution >= 4 is 48.1 Å². The molecule has 0 saturated carbocycles. The second-order valence-electron chi connectivity index (χ2n) is 6.65. The van der Waals surface area contributed by atoms with E-state index in [0.717, 1.165) is 20.8 Å². The smallest absolute Gasteiger partial charge is 0.264 e. The summed E-state index contributed by atoms with van der Waals surface area (Å²) in [6, 6.07) is 13.8. The van der Waals surface area contributed by atoms with Crippen molar-refractivity contribution in [2.24, 2.45) is 0 Å². The van der Waals surface area contributed by atoms with Gasteiger partial charge in [-0.25, -0.2) is 13.4 Å². The zero-order valence-corrected chi connectivity index (χ0v) is 17.8. The third-order valence-electron chi connectivity index (χ3n) is 4.81. The molecule has 3 heterocycles. The number of rotatable bonds is 3. The number of hydrogen-bond acceptors (Lipinski definition) is 6. The van der Waals surface area contributed by atoms with E-state index in [1.807, 2.05) is 6.92 Å². The van der Waals surface area contributed by atoms with Crippen molar-refractivity contribution in [3.8, 4) is 11.3 Å². The summed E-state index contributed by atoms with van der Waals surface area (Å²) in [6.07, 6.45) is 1.56. The van der Waals surface area contributed by atoms with Gasteiger partial charge in [-0.1, -0.05) is 0 Å². The molecule has 29 heavy (non-hydrogen) atoms. The average molecular weight is 445 g/mol. The highest BCUT2D eigenvalue weighted by molar-refractivity contribution is 7.93. The molecule has 2 aromatic heterocycles. The largest absolute Gasteiger partial charge is 0.464 e. The van der Waals surface area contributed by atoms with E-state index in [0.29, 0.717) is 16.3 Å². The van der Waals surface area contributed by atoms with E-state index in [9.17, 15) is 12.6 Å². The van der Waals surface area contributed by atoms with Gasteiger partial charge in [0.15, 0.2) is 0 Å². The van der Waals surface area contributed by atoms with Gasteiger partial charge in [-0.2, -0.15) is 0 Å². The molecule has 4 aromatic rings. The van der Waals surface area contributed by atoms with Crippen LogP contribution in [0.1, 0.15) is 5.01 Å². The predicted octanol–water partition coefficient (Wildman–Crippen LogP) is 4.18. The predicted molar refractivity (Wildman–Crippen MR) is 114 cm³/mol. The lowest BCUT2D eigenvalue weighted by molar-refractivity contribution is 0.582. The number of sulfonamides is 1. The number of nitrogens with zero attached hydrogens (tertiary/aromatic N) is 2. The van der Waals surface area contributed by atoms with Crippen LogP contribution in [0, 0.1) is 6.92 Å². The van der Waals surface area contributed by atoms with Gasteiger partial charge in [0.1, 0.15) is 5.76 Å². The van der Waals surface area contributed by atoms with Crippen LogP contribution in [0.4, 0.5) is 5.69 Å². The Bertz CT molecular complexity index is 1360. The molecule has 0 radical (unpaired) electrons. The van der Waals surface area contributed by atoms with E-state index >= 15 is 0 Å². The Labute approximate surface area is 174 Å². The van der Waals surface area contributed by atoms with Crippen molar-refractivity contribution in [3.05, 3.63) is 59.8 Å². The summed E-state index contributed by atoms with van der Waals surface area (Å²) >= 11 is 1.46. The third kappa shape index (κ3) is 3.09. The lowest BCUT2D eigenvalue weighted by atomic mass is 10.1. The molecule has 6 nitrogen and oxygen atoms in total. The van der Waals surface area contributed by atoms with Crippen LogP contribution >= 0.6 is 11.3 Å². The summed E-state index contributed by atoms with van der Waals surface area (Å²) < 4.78 is 47.1. The first kappa shape index (κ1) is 18.5. The Morgan fingerprint density at radius 3 is 2.83 bits per heavy atom. The summed E-state index contributed by atoms with van der Waals surface area (Å²) in [6.45, 7) is 2.05. The van der Waals surface area contributed by atoms with Crippen LogP contribution in [0.15, 0.2) is 69.0 Å². The van der Waals surface area contributed by atoms with Crippen LogP contribution in [0.2, 0.25) is 0 Å². The number of aromatic nitrogens is 1. The molecular formula is C20H16N2O4S3. The second kappa shape index (κ2) is 6.79. The van der Waals surface area contributed by atoms with Gasteiger partial charge in [-0.3, -0.25) is 8.51 Å². The summed E-state index contributed by atoms with van der Waals surface area (Å²) in [4.78, 5) is 5.12. The minimum absolute atomic E-state index is 0.156. The topological polar surface area (TPSA) is 80.5 Å². The molecule has 2 aromatic carbocycles. The van der Waals surface area contributed by atoms with Gasteiger partial charge < -0.3 is 4.42 Å². The van der Waals surface area contributed by atoms with Crippen LogP contribution in [0.5, 0.6) is 0 Å². The molecule has 1 atom stereocenters. The molecule has 1 unspecified atom stereocenters. The monoisotopic (exact) mass is 444 g/mol. The van der Waals surface area contributed by atoms with Crippen molar-refractivity contribution in [2.45, 2.75) is 16.7 Å². The number of furan rings is 1. The normalized spacial score (nSPS) is 16.9. The Kier molecular flexibility index (Phi) is 4.34. The highest BCUT2D eigenvalue weighted by Crippen LogP contribution is 2.37. The lowest BCUT2D eigenvalue weighted by Gasteiger charge is -2.30. The van der Waals surface area contributed by atoms with E-state index in [4.69, 9.17) is 4.42 Å². The van der Waals surface area contributed by atoms with Gasteiger partial charge in [0.2, 0.25) is 0 Å². The van der Waals surface area contributed by atoms with Crippen molar-refractivity contribution in [1.29, 1.82) is 0 Å². The van der Waals surface area contributed by atoms with Crippen LogP contribution < -0.4 is 4.31 Å². The van der Waals surface area contributed by atoms with E-state index in [1.165, 1.54) is 15.6 Å². The zero-order chi connectivity index (χ0) is 20.2. The van der Waals surface area contributed by atoms with Crippen molar-refractivity contribution in [3.63, 3.8) is 0 Å². The number of aryl methyl sites for hydroxylation is 1. The van der Waals surface area contributed by atoms with Crippen molar-refractivity contribution in [1.82, 2.24) is 4.98 Å². The van der Waals surface area contributed by atoms with Gasteiger partial charge in [0.25, 0.3) is 10.0 Å². The maximum Gasteiger partial charge on any atom is 0.264 e. The van der Waals surface area contributed by atoms with Gasteiger partial charge in [-0.05, 0) is 55.5 Å². The van der Waals surface area contributed by atoms with Gasteiger partial charge in [-0.15, -0.1) is 11.3 Å². The molecule has 148 valence electrons. The van der Waals surface area contributed by atoms with E-state index in [2.05, 4.69) is 4.98 Å². The van der Waals surface area contributed by atoms with Crippen LogP contribution in [-0.2, 0) is 20.8 Å². The summed E-state index contributed by atoms with van der Waals surface area (Å²) in [5.74, 6) is 0.886. The maximum atomic E-state index is 13.5. The summed E-state index contributed by atoms with van der Waals surface area (Å²) in [7, 11) is -5.07. The molecule has 1 aliphatic rings. The fourth-order valence-corrected chi connectivity index (χ4v) is 7.26. The Balaban J connectivity index is 1.64. The highest BCUT2D eigenvalue weighted by atomic mass is 32.2. The Hall–Kier alpha value is -2.49. The van der Waals surface area contributed by atoms with Crippen molar-refractivity contribution < 1.29 is 17.0 Å². The molecule has 5 rings (SSSR count). The molecule has 0 fully saturated rings. The minimum Gasteiger partial charge on any atom is -0.464 e. The zero-order valence-electron chi connectivity index (χ0n) is 15.4. The molecule has 0 spiro atoms. The number of anilines is 1. The second-order valence-corrected chi connectivity index (χ2v) is 11.3. The molecule has 0 N–H and O–H groups in total. The molecule has 1 aliphatic heterocycles. The van der Waals surface area contributed by atoms with E-state index < -0.39 is 20.8 Å². The van der Waals surface area contributed by atoms with Crippen molar-refractivity contribution in [2.75, 3.05) is 16.6 Å². The Morgan fingerprint density at radius 1 is 1.17 bits per heavy atom. The Morgan fingerprint density at radius 2 is 2.03 bits per heavy atom. The molecule has 0 aliphatic carbocycles. The first-order valence-electron chi connectivity index (χ1n) is 8.90. The maximum absolute atomic E-state index is 13.5. The summed E-state index contributed by atoms with van der Waals surface area (Å²) in [5, 5.41) is 0.886. The van der Waals surface area contributed by atoms with Gasteiger partial charge in [0, 0.05) is 17.9 Å². The fourth-order valence-electron chi connectivity index (χ4n) is 3.45. The van der Waals surface area contributed by atoms with E-state index in [-0.39, 0.29) is 17.2 Å². The standard InChI is InChI=1S/C20H16N2O4S3/c1-13-21-16-6-5-15(12-19(16)27-13)29(24,25)22-8-10-28(23)20-7-4-14(11-17(20)22)18-3-2-9-26-18/h2-7,9,11-12H,8,10H2,1H3. The SMILES string of the molecule is Cc1nc2ccc(S(=O)(=O)N3CCS(=O)c4ccc(-c5ccco5)cc43)cc2s1.